The van der Waals surface area contributed by atoms with E-state index in [-0.39, 0.29) is 5.91 Å². The molecule has 0 aliphatic carbocycles. The first kappa shape index (κ1) is 15.5. The molecule has 0 saturated heterocycles. The molecule has 0 radical (unpaired) electrons. The first-order chi connectivity index (χ1) is 10.2. The summed E-state index contributed by atoms with van der Waals surface area (Å²) in [5.41, 5.74) is 2.32. The standard InChI is InChI=1S/C16H23N3O2/c1-3-17-11-13-4-5-14-6-8-19(15(14)10-13)12-16(20)18-7-9-21-2/h4-6,8,10,17H,3,7,9,11-12H2,1-2H3,(H,18,20). The van der Waals surface area contributed by atoms with Crippen molar-refractivity contribution in [3.63, 3.8) is 0 Å². The Morgan fingerprint density at radius 2 is 2.19 bits per heavy atom. The van der Waals surface area contributed by atoms with Gasteiger partial charge in [-0.3, -0.25) is 4.79 Å². The Hall–Kier alpha value is -1.85. The molecule has 5 nitrogen and oxygen atoms in total. The molecule has 5 heteroatoms. The number of hydrogen-bond donors (Lipinski definition) is 2. The molecule has 2 N–H and O–H groups in total. The van der Waals surface area contributed by atoms with Gasteiger partial charge in [0.05, 0.1) is 6.61 Å². The first-order valence-electron chi connectivity index (χ1n) is 7.28. The Morgan fingerprint density at radius 1 is 1.33 bits per heavy atom. The zero-order valence-electron chi connectivity index (χ0n) is 12.7. The Bertz CT molecular complexity index is 592. The number of ether oxygens (including phenoxy) is 1. The van der Waals surface area contributed by atoms with Crippen LogP contribution in [0.5, 0.6) is 0 Å². The second-order valence-electron chi connectivity index (χ2n) is 4.96. The van der Waals surface area contributed by atoms with E-state index >= 15 is 0 Å². The number of methoxy groups -OCH3 is 1. The van der Waals surface area contributed by atoms with Crippen LogP contribution in [-0.4, -0.2) is 37.3 Å². The van der Waals surface area contributed by atoms with Gasteiger partial charge in [-0.25, -0.2) is 0 Å². The van der Waals surface area contributed by atoms with Gasteiger partial charge in [-0.05, 0) is 29.6 Å². The van der Waals surface area contributed by atoms with E-state index in [9.17, 15) is 4.79 Å². The summed E-state index contributed by atoms with van der Waals surface area (Å²) in [5.74, 6) is 0.00152. The van der Waals surface area contributed by atoms with E-state index < -0.39 is 0 Å². The van der Waals surface area contributed by atoms with Crippen molar-refractivity contribution < 1.29 is 9.53 Å². The van der Waals surface area contributed by atoms with Gasteiger partial charge < -0.3 is 19.9 Å². The Balaban J connectivity index is 2.06. The fraction of sp³-hybridized carbons (Fsp3) is 0.438. The minimum atomic E-state index is 0.00152. The van der Waals surface area contributed by atoms with Crippen molar-refractivity contribution >= 4 is 16.8 Å². The van der Waals surface area contributed by atoms with Gasteiger partial charge in [-0.15, -0.1) is 0 Å². The van der Waals surface area contributed by atoms with Crippen LogP contribution in [0.15, 0.2) is 30.5 Å². The molecule has 0 aliphatic rings. The van der Waals surface area contributed by atoms with Gasteiger partial charge in [0.25, 0.3) is 0 Å². The summed E-state index contributed by atoms with van der Waals surface area (Å²) in [4.78, 5) is 11.9. The lowest BCUT2D eigenvalue weighted by Gasteiger charge is -2.08. The van der Waals surface area contributed by atoms with Crippen molar-refractivity contribution in [1.82, 2.24) is 15.2 Å². The molecule has 1 heterocycles. The van der Waals surface area contributed by atoms with Crippen molar-refractivity contribution in [2.45, 2.75) is 20.0 Å². The second kappa shape index (κ2) is 7.81. The minimum Gasteiger partial charge on any atom is -0.383 e. The quantitative estimate of drug-likeness (QED) is 0.724. The summed E-state index contributed by atoms with van der Waals surface area (Å²) in [5, 5.41) is 7.30. The lowest BCUT2D eigenvalue weighted by molar-refractivity contribution is -0.121. The zero-order chi connectivity index (χ0) is 15.1. The van der Waals surface area contributed by atoms with Crippen molar-refractivity contribution in [3.05, 3.63) is 36.0 Å². The lowest BCUT2D eigenvalue weighted by Crippen LogP contribution is -2.30. The van der Waals surface area contributed by atoms with Crippen LogP contribution in [0.3, 0.4) is 0 Å². The number of amides is 1. The molecule has 0 spiro atoms. The number of hydrogen-bond acceptors (Lipinski definition) is 3. The third-order valence-electron chi connectivity index (χ3n) is 3.36. The maximum Gasteiger partial charge on any atom is 0.240 e. The van der Waals surface area contributed by atoms with Crippen molar-refractivity contribution in [2.75, 3.05) is 26.8 Å². The lowest BCUT2D eigenvalue weighted by atomic mass is 10.1. The van der Waals surface area contributed by atoms with E-state index in [0.29, 0.717) is 19.7 Å². The van der Waals surface area contributed by atoms with E-state index in [1.54, 1.807) is 7.11 Å². The van der Waals surface area contributed by atoms with Crippen LogP contribution < -0.4 is 10.6 Å². The zero-order valence-corrected chi connectivity index (χ0v) is 12.7. The third kappa shape index (κ3) is 4.31. The molecule has 0 atom stereocenters. The monoisotopic (exact) mass is 289 g/mol. The highest BCUT2D eigenvalue weighted by atomic mass is 16.5. The summed E-state index contributed by atoms with van der Waals surface area (Å²) in [6.45, 7) is 5.28. The fourth-order valence-electron chi connectivity index (χ4n) is 2.25. The molecule has 2 aromatic rings. The largest absolute Gasteiger partial charge is 0.383 e. The molecular weight excluding hydrogens is 266 g/mol. The number of nitrogens with one attached hydrogen (secondary N) is 2. The molecule has 21 heavy (non-hydrogen) atoms. The topological polar surface area (TPSA) is 55.3 Å². The molecule has 0 saturated carbocycles. The normalized spacial score (nSPS) is 11.0. The Labute approximate surface area is 125 Å². The van der Waals surface area contributed by atoms with Crippen LogP contribution in [0.25, 0.3) is 10.9 Å². The number of nitrogens with zero attached hydrogens (tertiary/aromatic N) is 1. The molecule has 0 fully saturated rings. The van der Waals surface area contributed by atoms with Crippen molar-refractivity contribution in [2.24, 2.45) is 0 Å². The van der Waals surface area contributed by atoms with E-state index in [0.717, 1.165) is 24.0 Å². The molecule has 1 aromatic heterocycles. The van der Waals surface area contributed by atoms with E-state index in [4.69, 9.17) is 4.74 Å². The smallest absolute Gasteiger partial charge is 0.240 e. The molecule has 0 aliphatic heterocycles. The van der Waals surface area contributed by atoms with Crippen molar-refractivity contribution in [1.29, 1.82) is 0 Å². The first-order valence-corrected chi connectivity index (χ1v) is 7.28. The molecule has 0 bridgehead atoms. The predicted octanol–water partition coefficient (Wildman–Crippen LogP) is 1.51. The molecule has 1 aromatic carbocycles. The second-order valence-corrected chi connectivity index (χ2v) is 4.96. The summed E-state index contributed by atoms with van der Waals surface area (Å²) >= 11 is 0. The Morgan fingerprint density at radius 3 is 2.95 bits per heavy atom. The number of rotatable bonds is 8. The van der Waals surface area contributed by atoms with Crippen LogP contribution in [0.4, 0.5) is 0 Å². The highest BCUT2D eigenvalue weighted by Crippen LogP contribution is 2.17. The average molecular weight is 289 g/mol. The number of benzene rings is 1. The summed E-state index contributed by atoms with van der Waals surface area (Å²) in [6, 6.07) is 8.39. The molecule has 114 valence electrons. The van der Waals surface area contributed by atoms with E-state index in [1.165, 1.54) is 5.56 Å². The van der Waals surface area contributed by atoms with Crippen LogP contribution in [0.2, 0.25) is 0 Å². The highest BCUT2D eigenvalue weighted by molar-refractivity contribution is 5.83. The summed E-state index contributed by atoms with van der Waals surface area (Å²) in [6.07, 6.45) is 1.96. The van der Waals surface area contributed by atoms with Gasteiger partial charge in [0.15, 0.2) is 0 Å². The van der Waals surface area contributed by atoms with Crippen molar-refractivity contribution in [3.8, 4) is 0 Å². The van der Waals surface area contributed by atoms with Crippen LogP contribution in [0, 0.1) is 0 Å². The SMILES string of the molecule is CCNCc1ccc2ccn(CC(=O)NCCOC)c2c1. The van der Waals surface area contributed by atoms with Gasteiger partial charge in [0, 0.05) is 31.9 Å². The summed E-state index contributed by atoms with van der Waals surface area (Å²) in [7, 11) is 1.62. The van der Waals surface area contributed by atoms with Gasteiger partial charge in [0.2, 0.25) is 5.91 Å². The van der Waals surface area contributed by atoms with Gasteiger partial charge in [-0.1, -0.05) is 19.1 Å². The summed E-state index contributed by atoms with van der Waals surface area (Å²) < 4.78 is 6.90. The third-order valence-corrected chi connectivity index (χ3v) is 3.36. The predicted molar refractivity (Wildman–Crippen MR) is 84.2 cm³/mol. The molecule has 1 amide bonds. The van der Waals surface area contributed by atoms with E-state index in [2.05, 4.69) is 35.8 Å². The maximum atomic E-state index is 11.9. The number of carbonyl (C=O) groups excluding carboxylic acids is 1. The maximum absolute atomic E-state index is 11.9. The molecule has 0 unspecified atom stereocenters. The Kier molecular flexibility index (Phi) is 5.78. The number of fused-ring (bicyclic) bond motifs is 1. The average Bonchev–Trinajstić information content (AvgIpc) is 2.88. The van der Waals surface area contributed by atoms with E-state index in [1.807, 2.05) is 16.8 Å². The number of carbonyl (C=O) groups is 1. The fourth-order valence-corrected chi connectivity index (χ4v) is 2.25. The van der Waals surface area contributed by atoms with Gasteiger partial charge >= 0.3 is 0 Å². The minimum absolute atomic E-state index is 0.00152. The number of aromatic nitrogens is 1. The van der Waals surface area contributed by atoms with Gasteiger partial charge in [-0.2, -0.15) is 0 Å². The highest BCUT2D eigenvalue weighted by Gasteiger charge is 2.06. The van der Waals surface area contributed by atoms with Crippen LogP contribution in [0.1, 0.15) is 12.5 Å². The van der Waals surface area contributed by atoms with Crippen LogP contribution in [-0.2, 0) is 22.6 Å². The molecular formula is C16H23N3O2. The van der Waals surface area contributed by atoms with Gasteiger partial charge in [0.1, 0.15) is 6.54 Å². The molecule has 2 rings (SSSR count). The van der Waals surface area contributed by atoms with Crippen LogP contribution >= 0.6 is 0 Å².